The van der Waals surface area contributed by atoms with E-state index in [9.17, 15) is 0 Å². The van der Waals surface area contributed by atoms with Gasteiger partial charge in [-0.25, -0.2) is 4.98 Å². The van der Waals surface area contributed by atoms with Crippen LogP contribution in [-0.2, 0) is 17.7 Å². The summed E-state index contributed by atoms with van der Waals surface area (Å²) >= 11 is 0. The third-order valence-electron chi connectivity index (χ3n) is 4.19. The first kappa shape index (κ1) is 15.9. The summed E-state index contributed by atoms with van der Waals surface area (Å²) in [5.41, 5.74) is 7.01. The third-order valence-corrected chi connectivity index (χ3v) is 4.19. The van der Waals surface area contributed by atoms with Crippen molar-refractivity contribution in [1.29, 1.82) is 0 Å². The molecule has 0 bridgehead atoms. The molecule has 0 aliphatic carbocycles. The molecule has 7 nitrogen and oxygen atoms in total. The SMILES string of the molecule is COCCc1noc([C@@H]2CCCN(Cc3cccnc3N)C2)n1. The second-order valence-corrected chi connectivity index (χ2v) is 5.91. The molecular formula is C16H23N5O2. The summed E-state index contributed by atoms with van der Waals surface area (Å²) in [4.78, 5) is 11.0. The van der Waals surface area contributed by atoms with Gasteiger partial charge in [0.1, 0.15) is 5.82 Å². The Labute approximate surface area is 135 Å². The molecule has 0 amide bonds. The molecule has 2 N–H and O–H groups in total. The zero-order valence-corrected chi connectivity index (χ0v) is 13.4. The summed E-state index contributed by atoms with van der Waals surface area (Å²) in [5, 5.41) is 4.04. The lowest BCUT2D eigenvalue weighted by Crippen LogP contribution is -2.34. The second kappa shape index (κ2) is 7.52. The molecule has 2 aromatic rings. The zero-order chi connectivity index (χ0) is 16.1. The lowest BCUT2D eigenvalue weighted by molar-refractivity contribution is 0.180. The number of aromatic nitrogens is 3. The van der Waals surface area contributed by atoms with Crippen LogP contribution in [0, 0.1) is 0 Å². The van der Waals surface area contributed by atoms with Crippen LogP contribution in [0.5, 0.6) is 0 Å². The van der Waals surface area contributed by atoms with Crippen molar-refractivity contribution in [1.82, 2.24) is 20.0 Å². The number of nitrogens with zero attached hydrogens (tertiary/aromatic N) is 4. The number of nitrogen functional groups attached to an aromatic ring is 1. The molecule has 1 saturated heterocycles. The highest BCUT2D eigenvalue weighted by Gasteiger charge is 2.26. The molecular weight excluding hydrogens is 294 g/mol. The van der Waals surface area contributed by atoms with Crippen LogP contribution in [0.15, 0.2) is 22.9 Å². The van der Waals surface area contributed by atoms with Gasteiger partial charge >= 0.3 is 0 Å². The zero-order valence-electron chi connectivity index (χ0n) is 13.4. The molecule has 7 heteroatoms. The second-order valence-electron chi connectivity index (χ2n) is 5.91. The normalized spacial score (nSPS) is 19.1. The number of ether oxygens (including phenoxy) is 1. The smallest absolute Gasteiger partial charge is 0.231 e. The van der Waals surface area contributed by atoms with E-state index in [1.54, 1.807) is 13.3 Å². The van der Waals surface area contributed by atoms with Crippen molar-refractivity contribution in [2.45, 2.75) is 31.7 Å². The number of pyridine rings is 1. The minimum Gasteiger partial charge on any atom is -0.384 e. The predicted octanol–water partition coefficient (Wildman–Crippen LogP) is 1.62. The quantitative estimate of drug-likeness (QED) is 0.865. The maximum Gasteiger partial charge on any atom is 0.231 e. The number of hydrogen-bond acceptors (Lipinski definition) is 7. The molecule has 124 valence electrons. The van der Waals surface area contributed by atoms with Crippen LogP contribution in [-0.4, -0.2) is 46.8 Å². The maximum absolute atomic E-state index is 5.94. The van der Waals surface area contributed by atoms with Crippen LogP contribution >= 0.6 is 0 Å². The van der Waals surface area contributed by atoms with E-state index in [1.165, 1.54) is 0 Å². The van der Waals surface area contributed by atoms with E-state index in [-0.39, 0.29) is 5.92 Å². The van der Waals surface area contributed by atoms with Crippen LogP contribution in [0.2, 0.25) is 0 Å². The number of hydrogen-bond donors (Lipinski definition) is 1. The molecule has 1 atom stereocenters. The topological polar surface area (TPSA) is 90.3 Å². The van der Waals surface area contributed by atoms with Gasteiger partial charge in [0.25, 0.3) is 0 Å². The van der Waals surface area contributed by atoms with Crippen molar-refractivity contribution in [3.63, 3.8) is 0 Å². The van der Waals surface area contributed by atoms with Gasteiger partial charge < -0.3 is 15.0 Å². The Morgan fingerprint density at radius 2 is 2.39 bits per heavy atom. The van der Waals surface area contributed by atoms with Crippen LogP contribution in [0.1, 0.15) is 36.0 Å². The molecule has 3 rings (SSSR count). The minimum absolute atomic E-state index is 0.283. The molecule has 0 spiro atoms. The Kier molecular flexibility index (Phi) is 5.19. The third kappa shape index (κ3) is 4.05. The Hall–Kier alpha value is -1.99. The molecule has 3 heterocycles. The van der Waals surface area contributed by atoms with E-state index in [2.05, 4.69) is 20.0 Å². The summed E-state index contributed by atoms with van der Waals surface area (Å²) in [6, 6.07) is 3.95. The van der Waals surface area contributed by atoms with Crippen molar-refractivity contribution in [3.8, 4) is 0 Å². The number of likely N-dealkylation sites (tertiary alicyclic amines) is 1. The molecule has 0 unspecified atom stereocenters. The summed E-state index contributed by atoms with van der Waals surface area (Å²) in [5.74, 6) is 2.34. The standard InChI is InChI=1S/C16H23N5O2/c1-22-9-6-14-19-16(23-20-14)13-5-3-8-21(11-13)10-12-4-2-7-18-15(12)17/h2,4,7,13H,3,5-6,8-11H2,1H3,(H2,17,18)/t13-/m1/s1. The largest absolute Gasteiger partial charge is 0.384 e. The molecule has 1 fully saturated rings. The van der Waals surface area contributed by atoms with Crippen molar-refractivity contribution in [3.05, 3.63) is 35.6 Å². The average Bonchev–Trinajstić information content (AvgIpc) is 3.04. The summed E-state index contributed by atoms with van der Waals surface area (Å²) < 4.78 is 10.5. The van der Waals surface area contributed by atoms with E-state index in [0.717, 1.165) is 49.8 Å². The average molecular weight is 317 g/mol. The first-order valence-corrected chi connectivity index (χ1v) is 7.99. The maximum atomic E-state index is 5.94. The van der Waals surface area contributed by atoms with Crippen molar-refractivity contribution in [2.75, 3.05) is 32.5 Å². The van der Waals surface area contributed by atoms with Crippen LogP contribution in [0.25, 0.3) is 0 Å². The van der Waals surface area contributed by atoms with Gasteiger partial charge in [-0.15, -0.1) is 0 Å². The van der Waals surface area contributed by atoms with E-state index >= 15 is 0 Å². The molecule has 2 aromatic heterocycles. The van der Waals surface area contributed by atoms with Crippen LogP contribution in [0.4, 0.5) is 5.82 Å². The highest BCUT2D eigenvalue weighted by molar-refractivity contribution is 5.38. The van der Waals surface area contributed by atoms with Gasteiger partial charge in [0.05, 0.1) is 12.5 Å². The Balaban J connectivity index is 1.62. The van der Waals surface area contributed by atoms with Gasteiger partial charge in [-0.05, 0) is 25.5 Å². The first-order valence-electron chi connectivity index (χ1n) is 7.99. The lowest BCUT2D eigenvalue weighted by atomic mass is 9.97. The fourth-order valence-corrected chi connectivity index (χ4v) is 2.95. The van der Waals surface area contributed by atoms with Crippen molar-refractivity contribution >= 4 is 5.82 Å². The summed E-state index contributed by atoms with van der Waals surface area (Å²) in [7, 11) is 1.67. The number of rotatable bonds is 6. The summed E-state index contributed by atoms with van der Waals surface area (Å²) in [6.07, 6.45) is 4.59. The van der Waals surface area contributed by atoms with E-state index < -0.39 is 0 Å². The molecule has 1 aliphatic heterocycles. The van der Waals surface area contributed by atoms with Crippen LogP contribution < -0.4 is 5.73 Å². The van der Waals surface area contributed by atoms with E-state index in [4.69, 9.17) is 15.0 Å². The molecule has 1 aliphatic rings. The highest BCUT2D eigenvalue weighted by atomic mass is 16.5. The number of piperidine rings is 1. The highest BCUT2D eigenvalue weighted by Crippen LogP contribution is 2.27. The van der Waals surface area contributed by atoms with Crippen molar-refractivity contribution < 1.29 is 9.26 Å². The van der Waals surface area contributed by atoms with Gasteiger partial charge in [-0.1, -0.05) is 11.2 Å². The first-order chi connectivity index (χ1) is 11.3. The van der Waals surface area contributed by atoms with Gasteiger partial charge in [0.2, 0.25) is 5.89 Å². The minimum atomic E-state index is 0.283. The summed E-state index contributed by atoms with van der Waals surface area (Å²) in [6.45, 7) is 3.37. The molecule has 0 radical (unpaired) electrons. The van der Waals surface area contributed by atoms with Crippen molar-refractivity contribution in [2.24, 2.45) is 0 Å². The van der Waals surface area contributed by atoms with E-state index in [1.807, 2.05) is 12.1 Å². The lowest BCUT2D eigenvalue weighted by Gasteiger charge is -2.31. The van der Waals surface area contributed by atoms with Gasteiger partial charge in [-0.2, -0.15) is 4.98 Å². The number of nitrogens with two attached hydrogens (primary N) is 1. The molecule has 0 saturated carbocycles. The predicted molar refractivity (Wildman–Crippen MR) is 85.8 cm³/mol. The van der Waals surface area contributed by atoms with Gasteiger partial charge in [0.15, 0.2) is 5.82 Å². The Morgan fingerprint density at radius 3 is 3.22 bits per heavy atom. The Morgan fingerprint density at radius 1 is 1.48 bits per heavy atom. The van der Waals surface area contributed by atoms with Gasteiger partial charge in [-0.3, -0.25) is 4.90 Å². The fourth-order valence-electron chi connectivity index (χ4n) is 2.95. The number of anilines is 1. The molecule has 23 heavy (non-hydrogen) atoms. The van der Waals surface area contributed by atoms with Crippen LogP contribution in [0.3, 0.4) is 0 Å². The Bertz CT molecular complexity index is 630. The number of methoxy groups -OCH3 is 1. The molecule has 0 aromatic carbocycles. The monoisotopic (exact) mass is 317 g/mol. The van der Waals surface area contributed by atoms with Gasteiger partial charge in [0, 0.05) is 38.4 Å². The fraction of sp³-hybridized carbons (Fsp3) is 0.562. The van der Waals surface area contributed by atoms with E-state index in [0.29, 0.717) is 18.8 Å².